The van der Waals surface area contributed by atoms with E-state index in [-0.39, 0.29) is 45.6 Å². The molecule has 0 aliphatic carbocycles. The normalized spacial score (nSPS) is 10.7. The van der Waals surface area contributed by atoms with Gasteiger partial charge in [0.2, 0.25) is 0 Å². The van der Waals surface area contributed by atoms with Crippen molar-refractivity contribution in [3.05, 3.63) is 230 Å². The maximum absolute atomic E-state index is 4.70. The van der Waals surface area contributed by atoms with Crippen LogP contribution < -0.4 is 0 Å². The molecule has 0 atom stereocenters. The van der Waals surface area contributed by atoms with Gasteiger partial charge in [-0.25, -0.2) is 0 Å². The number of hydrogen-bond acceptors (Lipinski definition) is 2. The van der Waals surface area contributed by atoms with Crippen molar-refractivity contribution < 1.29 is 40.2 Å². The Balaban J connectivity index is 0.000000206. The third kappa shape index (κ3) is 11.3. The van der Waals surface area contributed by atoms with Gasteiger partial charge >= 0.3 is 0 Å². The first-order chi connectivity index (χ1) is 28.8. The van der Waals surface area contributed by atoms with Crippen molar-refractivity contribution in [2.45, 2.75) is 33.1 Å². The minimum Gasteiger partial charge on any atom is -0.304 e. The first-order valence-electron chi connectivity index (χ1n) is 20.1. The van der Waals surface area contributed by atoms with Crippen LogP contribution in [0.15, 0.2) is 207 Å². The first-order valence-corrected chi connectivity index (χ1v) is 20.1. The van der Waals surface area contributed by atoms with E-state index in [1.165, 1.54) is 61.2 Å². The quantitative estimate of drug-likeness (QED) is 0.149. The molecular formula is C57H46Ir2N2-2. The summed E-state index contributed by atoms with van der Waals surface area (Å²) in [7, 11) is 0. The molecule has 2 aromatic heterocycles. The minimum absolute atomic E-state index is 0. The first kappa shape index (κ1) is 44.7. The molecule has 0 aliphatic heterocycles. The van der Waals surface area contributed by atoms with Crippen molar-refractivity contribution in [3.8, 4) is 78.1 Å². The standard InChI is InChI=1S/C33H28N.C24H18N.2Ir/c1-33(2,3)31-20-21-32(34-23-31)30-11-7-10-29(22-30)28-18-16-27(17-19-28)26-14-12-25(13-15-26)24-8-5-4-6-9-24;1-18-10-15-24(25-17-18)23-9-5-8-22(16-23)21-13-11-20(12-14-21)19-6-3-2-4-7-19;;/h4-10,12-23H,1-3H3;2-8,10-17H,1H3;;/q2*-1;;. The van der Waals surface area contributed by atoms with Gasteiger partial charge in [-0.3, -0.25) is 0 Å². The number of aromatic nitrogens is 2. The average molecular weight is 1140 g/mol. The van der Waals surface area contributed by atoms with Crippen LogP contribution >= 0.6 is 0 Å². The van der Waals surface area contributed by atoms with Crippen LogP contribution in [0.2, 0.25) is 0 Å². The molecule has 2 nitrogen and oxygen atoms in total. The molecule has 304 valence electrons. The van der Waals surface area contributed by atoms with Crippen molar-refractivity contribution in [2.24, 2.45) is 0 Å². The summed E-state index contributed by atoms with van der Waals surface area (Å²) < 4.78 is 0. The van der Waals surface area contributed by atoms with Gasteiger partial charge in [-0.15, -0.1) is 70.8 Å². The second-order valence-electron chi connectivity index (χ2n) is 15.8. The van der Waals surface area contributed by atoms with Gasteiger partial charge in [-0.1, -0.05) is 178 Å². The summed E-state index contributed by atoms with van der Waals surface area (Å²) in [5.41, 5.74) is 18.5. The van der Waals surface area contributed by atoms with Crippen molar-refractivity contribution >= 4 is 0 Å². The van der Waals surface area contributed by atoms with Crippen LogP contribution in [0.4, 0.5) is 0 Å². The Labute approximate surface area is 388 Å². The average Bonchev–Trinajstić information content (AvgIpc) is 3.30. The molecule has 7 aromatic carbocycles. The van der Waals surface area contributed by atoms with Gasteiger partial charge in [0.25, 0.3) is 0 Å². The van der Waals surface area contributed by atoms with Crippen LogP contribution in [-0.4, -0.2) is 9.97 Å². The van der Waals surface area contributed by atoms with E-state index in [1.54, 1.807) is 0 Å². The molecule has 4 heteroatoms. The van der Waals surface area contributed by atoms with Crippen LogP contribution in [0, 0.1) is 19.1 Å². The molecule has 0 aliphatic rings. The van der Waals surface area contributed by atoms with Crippen molar-refractivity contribution in [1.82, 2.24) is 9.97 Å². The summed E-state index contributed by atoms with van der Waals surface area (Å²) >= 11 is 0. The Morgan fingerprint density at radius 2 is 0.705 bits per heavy atom. The fourth-order valence-corrected chi connectivity index (χ4v) is 7.04. The molecule has 0 saturated heterocycles. The Hall–Kier alpha value is -5.86. The van der Waals surface area contributed by atoms with E-state index < -0.39 is 0 Å². The van der Waals surface area contributed by atoms with Crippen LogP contribution in [0.25, 0.3) is 78.1 Å². The maximum atomic E-state index is 4.70. The number of pyridine rings is 2. The molecule has 2 radical (unpaired) electrons. The summed E-state index contributed by atoms with van der Waals surface area (Å²) in [5.74, 6) is 0. The molecule has 0 bridgehead atoms. The van der Waals surface area contributed by atoms with E-state index in [9.17, 15) is 0 Å². The predicted octanol–water partition coefficient (Wildman–Crippen LogP) is 15.0. The summed E-state index contributed by atoms with van der Waals surface area (Å²) in [6.07, 6.45) is 3.87. The van der Waals surface area contributed by atoms with Gasteiger partial charge in [0.1, 0.15) is 0 Å². The maximum Gasteiger partial charge on any atom is 0.0198 e. The molecule has 61 heavy (non-hydrogen) atoms. The fraction of sp³-hybridized carbons (Fsp3) is 0.0877. The van der Waals surface area contributed by atoms with Gasteiger partial charge in [-0.05, 0) is 79.4 Å². The van der Waals surface area contributed by atoms with Crippen molar-refractivity contribution in [2.75, 3.05) is 0 Å². The van der Waals surface area contributed by atoms with Crippen LogP contribution in [0.1, 0.15) is 31.9 Å². The fourth-order valence-electron chi connectivity index (χ4n) is 7.04. The SMILES string of the molecule is CC(C)(C)c1ccc(-c2[c-]ccc(-c3ccc(-c4ccc(-c5ccccc5)cc4)cc3)c2)nc1.Cc1ccc(-c2[c-]ccc(-c3ccc(-c4ccccc4)cc3)c2)nc1.[Ir].[Ir]. The largest absolute Gasteiger partial charge is 0.304 e. The van der Waals surface area contributed by atoms with Gasteiger partial charge in [0.15, 0.2) is 0 Å². The van der Waals surface area contributed by atoms with E-state index in [1.807, 2.05) is 49.6 Å². The van der Waals surface area contributed by atoms with E-state index >= 15 is 0 Å². The summed E-state index contributed by atoms with van der Waals surface area (Å²) in [4.78, 5) is 9.21. The molecule has 9 rings (SSSR count). The van der Waals surface area contributed by atoms with Crippen LogP contribution in [0.3, 0.4) is 0 Å². The third-order valence-electron chi connectivity index (χ3n) is 10.6. The number of benzene rings is 7. The van der Waals surface area contributed by atoms with E-state index in [2.05, 4.69) is 202 Å². The molecule has 0 saturated carbocycles. The number of rotatable bonds is 7. The monoisotopic (exact) mass is 1140 g/mol. The Bertz CT molecular complexity index is 2740. The van der Waals surface area contributed by atoms with Crippen molar-refractivity contribution in [3.63, 3.8) is 0 Å². The molecule has 0 amide bonds. The Morgan fingerprint density at radius 1 is 0.361 bits per heavy atom. The summed E-state index contributed by atoms with van der Waals surface area (Å²) in [5, 5.41) is 0. The molecule has 0 unspecified atom stereocenters. The molecule has 2 heterocycles. The van der Waals surface area contributed by atoms with E-state index in [0.717, 1.165) is 28.1 Å². The van der Waals surface area contributed by atoms with Crippen LogP contribution in [0.5, 0.6) is 0 Å². The molecule has 9 aromatic rings. The number of nitrogens with zero attached hydrogens (tertiary/aromatic N) is 2. The number of hydrogen-bond donors (Lipinski definition) is 0. The van der Waals surface area contributed by atoms with Gasteiger partial charge in [0, 0.05) is 52.6 Å². The molecule has 0 fully saturated rings. The Kier molecular flexibility index (Phi) is 15.1. The smallest absolute Gasteiger partial charge is 0.0198 e. The zero-order valence-corrected chi connectivity index (χ0v) is 39.5. The zero-order valence-electron chi connectivity index (χ0n) is 34.7. The number of aryl methyl sites for hydroxylation is 1. The summed E-state index contributed by atoms with van der Waals surface area (Å²) in [6, 6.07) is 74.6. The molecule has 0 spiro atoms. The van der Waals surface area contributed by atoms with Crippen LogP contribution in [-0.2, 0) is 45.6 Å². The van der Waals surface area contributed by atoms with Gasteiger partial charge < -0.3 is 9.97 Å². The third-order valence-corrected chi connectivity index (χ3v) is 10.6. The van der Waals surface area contributed by atoms with E-state index in [0.29, 0.717) is 0 Å². The molecule has 0 N–H and O–H groups in total. The molecular weight excluding hydrogens is 1100 g/mol. The van der Waals surface area contributed by atoms with E-state index in [4.69, 9.17) is 4.98 Å². The minimum atomic E-state index is 0. The Morgan fingerprint density at radius 3 is 1.03 bits per heavy atom. The van der Waals surface area contributed by atoms with Gasteiger partial charge in [-0.2, -0.15) is 0 Å². The second kappa shape index (κ2) is 20.6. The van der Waals surface area contributed by atoms with Crippen molar-refractivity contribution in [1.29, 1.82) is 0 Å². The van der Waals surface area contributed by atoms with Gasteiger partial charge in [0.05, 0.1) is 0 Å². The predicted molar refractivity (Wildman–Crippen MR) is 248 cm³/mol. The summed E-state index contributed by atoms with van der Waals surface area (Å²) in [6.45, 7) is 8.67. The zero-order chi connectivity index (χ0) is 40.6. The second-order valence-corrected chi connectivity index (χ2v) is 15.8. The topological polar surface area (TPSA) is 25.8 Å².